The molecule has 0 aliphatic rings. The molecule has 0 unspecified atom stereocenters. The average Bonchev–Trinajstić information content (AvgIpc) is 2.73. The number of hydrogen-bond donors (Lipinski definition) is 1. The van der Waals surface area contributed by atoms with Crippen LogP contribution < -0.4 is 15.0 Å². The zero-order valence-corrected chi connectivity index (χ0v) is 17.0. The SMILES string of the molecule is CCN(CC)c1ncc(Cl)c(C(=O)NCc2c(OC)ccc3ccccc23)n1. The second kappa shape index (κ2) is 8.89. The van der Waals surface area contributed by atoms with E-state index in [1.165, 1.54) is 6.20 Å². The Morgan fingerprint density at radius 3 is 2.64 bits per heavy atom. The largest absolute Gasteiger partial charge is 0.496 e. The monoisotopic (exact) mass is 398 g/mol. The Kier molecular flexibility index (Phi) is 6.31. The van der Waals surface area contributed by atoms with Crippen molar-refractivity contribution in [3.63, 3.8) is 0 Å². The third-order valence-electron chi connectivity index (χ3n) is 4.64. The summed E-state index contributed by atoms with van der Waals surface area (Å²) in [5, 5.41) is 5.24. The van der Waals surface area contributed by atoms with Crippen molar-refractivity contribution in [2.75, 3.05) is 25.1 Å². The molecule has 7 heteroatoms. The molecule has 1 heterocycles. The van der Waals surface area contributed by atoms with Gasteiger partial charge in [0.05, 0.1) is 18.3 Å². The van der Waals surface area contributed by atoms with Crippen LogP contribution in [0.15, 0.2) is 42.6 Å². The molecular formula is C21H23ClN4O2. The molecule has 0 spiro atoms. The minimum absolute atomic E-state index is 0.165. The Morgan fingerprint density at radius 1 is 1.18 bits per heavy atom. The number of fused-ring (bicyclic) bond motifs is 1. The van der Waals surface area contributed by atoms with E-state index in [-0.39, 0.29) is 16.6 Å². The lowest BCUT2D eigenvalue weighted by Gasteiger charge is -2.19. The molecular weight excluding hydrogens is 376 g/mol. The highest BCUT2D eigenvalue weighted by Gasteiger charge is 2.17. The Morgan fingerprint density at radius 2 is 1.93 bits per heavy atom. The predicted molar refractivity (Wildman–Crippen MR) is 112 cm³/mol. The Hall–Kier alpha value is -2.86. The van der Waals surface area contributed by atoms with Crippen molar-refractivity contribution in [1.29, 1.82) is 0 Å². The van der Waals surface area contributed by atoms with Gasteiger partial charge in [-0.05, 0) is 30.7 Å². The van der Waals surface area contributed by atoms with Gasteiger partial charge in [-0.15, -0.1) is 0 Å². The van der Waals surface area contributed by atoms with E-state index in [2.05, 4.69) is 15.3 Å². The molecule has 0 saturated carbocycles. The Balaban J connectivity index is 1.87. The fraction of sp³-hybridized carbons (Fsp3) is 0.286. The molecule has 0 aliphatic heterocycles. The maximum absolute atomic E-state index is 12.8. The number of amides is 1. The number of methoxy groups -OCH3 is 1. The van der Waals surface area contributed by atoms with Crippen LogP contribution in [0.1, 0.15) is 29.9 Å². The number of nitrogens with zero attached hydrogens (tertiary/aromatic N) is 3. The van der Waals surface area contributed by atoms with Crippen molar-refractivity contribution in [2.45, 2.75) is 20.4 Å². The second-order valence-electron chi connectivity index (χ2n) is 6.19. The Labute approximate surface area is 169 Å². The lowest BCUT2D eigenvalue weighted by molar-refractivity contribution is 0.0946. The molecule has 0 fully saturated rings. The number of rotatable bonds is 7. The van der Waals surface area contributed by atoms with Gasteiger partial charge in [0, 0.05) is 25.2 Å². The standard InChI is InChI=1S/C21H23ClN4O2/c1-4-26(5-2)21-24-13-17(22)19(25-21)20(27)23-12-16-15-9-7-6-8-14(15)10-11-18(16)28-3/h6-11,13H,4-5,12H2,1-3H3,(H,23,27). The highest BCUT2D eigenvalue weighted by molar-refractivity contribution is 6.33. The van der Waals surface area contributed by atoms with Gasteiger partial charge in [0.1, 0.15) is 5.75 Å². The number of carbonyl (C=O) groups excluding carboxylic acids is 1. The molecule has 1 amide bonds. The maximum Gasteiger partial charge on any atom is 0.271 e. The smallest absolute Gasteiger partial charge is 0.271 e. The first kappa shape index (κ1) is 19.9. The summed E-state index contributed by atoms with van der Waals surface area (Å²) in [6.45, 7) is 5.80. The minimum atomic E-state index is -0.351. The number of ether oxygens (including phenoxy) is 1. The van der Waals surface area contributed by atoms with E-state index in [0.717, 1.165) is 35.2 Å². The minimum Gasteiger partial charge on any atom is -0.496 e. The predicted octanol–water partition coefficient (Wildman–Crippen LogP) is 4.07. The first-order valence-electron chi connectivity index (χ1n) is 9.19. The number of carbonyl (C=O) groups is 1. The number of benzene rings is 2. The van der Waals surface area contributed by atoms with Gasteiger partial charge in [0.25, 0.3) is 5.91 Å². The van der Waals surface area contributed by atoms with Crippen molar-refractivity contribution in [2.24, 2.45) is 0 Å². The molecule has 28 heavy (non-hydrogen) atoms. The van der Waals surface area contributed by atoms with E-state index >= 15 is 0 Å². The zero-order valence-electron chi connectivity index (χ0n) is 16.2. The summed E-state index contributed by atoms with van der Waals surface area (Å²) in [7, 11) is 1.62. The van der Waals surface area contributed by atoms with E-state index in [9.17, 15) is 4.79 Å². The second-order valence-corrected chi connectivity index (χ2v) is 6.60. The van der Waals surface area contributed by atoms with Gasteiger partial charge < -0.3 is 15.0 Å². The highest BCUT2D eigenvalue weighted by atomic mass is 35.5. The normalized spacial score (nSPS) is 10.7. The lowest BCUT2D eigenvalue weighted by Crippen LogP contribution is -2.28. The fourth-order valence-electron chi connectivity index (χ4n) is 3.12. The molecule has 0 atom stereocenters. The van der Waals surface area contributed by atoms with Gasteiger partial charge in [-0.25, -0.2) is 9.97 Å². The molecule has 0 bridgehead atoms. The van der Waals surface area contributed by atoms with Crippen LogP contribution in [0.4, 0.5) is 5.95 Å². The van der Waals surface area contributed by atoms with Crippen LogP contribution in [-0.2, 0) is 6.54 Å². The van der Waals surface area contributed by atoms with E-state index in [4.69, 9.17) is 16.3 Å². The van der Waals surface area contributed by atoms with Gasteiger partial charge in [-0.2, -0.15) is 0 Å². The van der Waals surface area contributed by atoms with Crippen LogP contribution in [0.2, 0.25) is 5.02 Å². The summed E-state index contributed by atoms with van der Waals surface area (Å²) in [5.41, 5.74) is 1.07. The van der Waals surface area contributed by atoms with Gasteiger partial charge in [-0.1, -0.05) is 41.9 Å². The van der Waals surface area contributed by atoms with Crippen LogP contribution in [0.3, 0.4) is 0 Å². The number of hydrogen-bond acceptors (Lipinski definition) is 5. The number of halogens is 1. The molecule has 1 aromatic heterocycles. The molecule has 0 saturated heterocycles. The van der Waals surface area contributed by atoms with Crippen LogP contribution >= 0.6 is 11.6 Å². The first-order valence-corrected chi connectivity index (χ1v) is 9.57. The van der Waals surface area contributed by atoms with Gasteiger partial charge in [-0.3, -0.25) is 4.79 Å². The van der Waals surface area contributed by atoms with Crippen LogP contribution in [0.5, 0.6) is 5.75 Å². The van der Waals surface area contributed by atoms with Crippen LogP contribution in [0, 0.1) is 0 Å². The number of nitrogens with one attached hydrogen (secondary N) is 1. The van der Waals surface area contributed by atoms with Crippen molar-refractivity contribution in [3.8, 4) is 5.75 Å². The maximum atomic E-state index is 12.8. The first-order chi connectivity index (χ1) is 13.6. The van der Waals surface area contributed by atoms with Gasteiger partial charge >= 0.3 is 0 Å². The molecule has 146 valence electrons. The van der Waals surface area contributed by atoms with Crippen molar-refractivity contribution in [1.82, 2.24) is 15.3 Å². The highest BCUT2D eigenvalue weighted by Crippen LogP contribution is 2.28. The lowest BCUT2D eigenvalue weighted by atomic mass is 10.0. The topological polar surface area (TPSA) is 67.4 Å². The summed E-state index contributed by atoms with van der Waals surface area (Å²) in [6, 6.07) is 11.9. The Bertz CT molecular complexity index is 989. The number of aromatic nitrogens is 2. The molecule has 3 rings (SSSR count). The van der Waals surface area contributed by atoms with E-state index in [1.54, 1.807) is 7.11 Å². The fourth-order valence-corrected chi connectivity index (χ4v) is 3.29. The van der Waals surface area contributed by atoms with Crippen LogP contribution in [-0.4, -0.2) is 36.1 Å². The summed E-state index contributed by atoms with van der Waals surface area (Å²) in [6.07, 6.45) is 1.47. The molecule has 6 nitrogen and oxygen atoms in total. The summed E-state index contributed by atoms with van der Waals surface area (Å²) in [5.74, 6) is 0.856. The molecule has 3 aromatic rings. The molecule has 2 aromatic carbocycles. The summed E-state index contributed by atoms with van der Waals surface area (Å²) in [4.78, 5) is 23.3. The summed E-state index contributed by atoms with van der Waals surface area (Å²) < 4.78 is 5.49. The van der Waals surface area contributed by atoms with E-state index in [0.29, 0.717) is 12.5 Å². The third-order valence-corrected chi connectivity index (χ3v) is 4.91. The van der Waals surface area contributed by atoms with Crippen molar-refractivity contribution >= 4 is 34.2 Å². The molecule has 0 radical (unpaired) electrons. The third kappa shape index (κ3) is 4.02. The van der Waals surface area contributed by atoms with Gasteiger partial charge in [0.2, 0.25) is 5.95 Å². The number of anilines is 1. The van der Waals surface area contributed by atoms with Crippen LogP contribution in [0.25, 0.3) is 10.8 Å². The van der Waals surface area contributed by atoms with E-state index < -0.39 is 0 Å². The summed E-state index contributed by atoms with van der Waals surface area (Å²) >= 11 is 6.19. The van der Waals surface area contributed by atoms with E-state index in [1.807, 2.05) is 55.1 Å². The molecule has 1 N–H and O–H groups in total. The quantitative estimate of drug-likeness (QED) is 0.649. The van der Waals surface area contributed by atoms with Crippen molar-refractivity contribution < 1.29 is 9.53 Å². The average molecular weight is 399 g/mol. The zero-order chi connectivity index (χ0) is 20.1. The molecule has 0 aliphatic carbocycles. The van der Waals surface area contributed by atoms with Crippen molar-refractivity contribution in [3.05, 3.63) is 58.9 Å². The van der Waals surface area contributed by atoms with Gasteiger partial charge in [0.15, 0.2) is 5.69 Å².